The molecule has 0 saturated heterocycles. The molecule has 2 rings (SSSR count). The highest BCUT2D eigenvalue weighted by Crippen LogP contribution is 2.47. The average Bonchev–Trinajstić information content (AvgIpc) is 2.60. The van der Waals surface area contributed by atoms with Crippen LogP contribution in [0.4, 0.5) is 8.78 Å². The molecule has 0 unspecified atom stereocenters. The SMILES string of the molecule is Cn1cnc(Cl)c1C1(C(=O)O)CCC(F)(F)CC1. The molecule has 18 heavy (non-hydrogen) atoms. The molecule has 100 valence electrons. The molecule has 0 bridgehead atoms. The van der Waals surface area contributed by atoms with Crippen LogP contribution in [0.25, 0.3) is 0 Å². The van der Waals surface area contributed by atoms with E-state index in [4.69, 9.17) is 11.6 Å². The number of imidazole rings is 1. The number of alkyl halides is 2. The average molecular weight is 279 g/mol. The van der Waals surface area contributed by atoms with E-state index in [1.54, 1.807) is 7.05 Å². The first-order chi connectivity index (χ1) is 8.28. The summed E-state index contributed by atoms with van der Waals surface area (Å²) >= 11 is 5.90. The summed E-state index contributed by atoms with van der Waals surface area (Å²) in [7, 11) is 1.62. The fourth-order valence-corrected chi connectivity index (χ4v) is 2.89. The Labute approximate surface area is 108 Å². The molecule has 1 N–H and O–H groups in total. The predicted molar refractivity (Wildman–Crippen MR) is 60.9 cm³/mol. The van der Waals surface area contributed by atoms with E-state index in [-0.39, 0.29) is 18.0 Å². The number of rotatable bonds is 2. The summed E-state index contributed by atoms with van der Waals surface area (Å²) in [6, 6.07) is 0. The number of halogens is 3. The minimum absolute atomic E-state index is 0.0742. The number of hydrogen-bond acceptors (Lipinski definition) is 2. The zero-order valence-corrected chi connectivity index (χ0v) is 10.5. The van der Waals surface area contributed by atoms with Crippen LogP contribution in [0.3, 0.4) is 0 Å². The Hall–Kier alpha value is -1.17. The Morgan fingerprint density at radius 3 is 2.39 bits per heavy atom. The third-order valence-electron chi connectivity index (χ3n) is 3.59. The number of aromatic nitrogens is 2. The van der Waals surface area contributed by atoms with Crippen molar-refractivity contribution in [3.63, 3.8) is 0 Å². The lowest BCUT2D eigenvalue weighted by Gasteiger charge is -2.36. The Morgan fingerprint density at radius 1 is 1.44 bits per heavy atom. The number of carbonyl (C=O) groups is 1. The van der Waals surface area contributed by atoms with E-state index in [9.17, 15) is 18.7 Å². The molecule has 0 spiro atoms. The van der Waals surface area contributed by atoms with Gasteiger partial charge in [-0.1, -0.05) is 11.6 Å². The van der Waals surface area contributed by atoms with Crippen LogP contribution in [-0.4, -0.2) is 26.5 Å². The maximum absolute atomic E-state index is 13.2. The van der Waals surface area contributed by atoms with Crippen molar-refractivity contribution in [3.8, 4) is 0 Å². The van der Waals surface area contributed by atoms with Gasteiger partial charge >= 0.3 is 5.97 Å². The lowest BCUT2D eigenvalue weighted by atomic mass is 9.70. The Morgan fingerprint density at radius 2 is 2.00 bits per heavy atom. The molecule has 1 saturated carbocycles. The predicted octanol–water partition coefficient (Wildman–Crippen LogP) is 2.61. The van der Waals surface area contributed by atoms with Crippen molar-refractivity contribution in [3.05, 3.63) is 17.2 Å². The second-order valence-electron chi connectivity index (χ2n) is 4.74. The second kappa shape index (κ2) is 4.19. The normalized spacial score (nSPS) is 21.8. The van der Waals surface area contributed by atoms with E-state index in [1.165, 1.54) is 10.9 Å². The molecule has 7 heteroatoms. The van der Waals surface area contributed by atoms with Gasteiger partial charge in [0.2, 0.25) is 5.92 Å². The van der Waals surface area contributed by atoms with Crippen LogP contribution < -0.4 is 0 Å². The van der Waals surface area contributed by atoms with Gasteiger partial charge in [0.25, 0.3) is 0 Å². The Kier molecular flexibility index (Phi) is 3.09. The number of carboxylic acid groups (broad SMARTS) is 1. The molecule has 0 atom stereocenters. The molecule has 4 nitrogen and oxygen atoms in total. The summed E-state index contributed by atoms with van der Waals surface area (Å²) in [6.07, 6.45) is 0.250. The number of carboxylic acids is 1. The first-order valence-electron chi connectivity index (χ1n) is 5.57. The molecule has 1 heterocycles. The standard InChI is InChI=1S/C11H13ClF2N2O2/c1-16-6-15-8(12)7(16)10(9(17)18)2-4-11(13,14)5-3-10/h6H,2-5H2,1H3,(H,17,18). The van der Waals surface area contributed by atoms with E-state index in [0.717, 1.165) is 0 Å². The molecule has 0 radical (unpaired) electrons. The number of hydrogen-bond donors (Lipinski definition) is 1. The third-order valence-corrected chi connectivity index (χ3v) is 3.87. The van der Waals surface area contributed by atoms with Gasteiger partial charge in [0.1, 0.15) is 5.41 Å². The van der Waals surface area contributed by atoms with Crippen molar-refractivity contribution in [2.75, 3.05) is 0 Å². The minimum atomic E-state index is -2.79. The summed E-state index contributed by atoms with van der Waals surface area (Å²) in [5, 5.41) is 9.51. The van der Waals surface area contributed by atoms with Gasteiger partial charge in [-0.3, -0.25) is 4.79 Å². The largest absolute Gasteiger partial charge is 0.481 e. The quantitative estimate of drug-likeness (QED) is 0.905. The highest BCUT2D eigenvalue weighted by Gasteiger charge is 2.51. The summed E-state index contributed by atoms with van der Waals surface area (Å²) in [5.41, 5.74) is -1.04. The van der Waals surface area contributed by atoms with Crippen molar-refractivity contribution < 1.29 is 18.7 Å². The molecule has 1 aliphatic carbocycles. The maximum Gasteiger partial charge on any atom is 0.315 e. The van der Waals surface area contributed by atoms with Gasteiger partial charge in [-0.25, -0.2) is 13.8 Å². The topological polar surface area (TPSA) is 55.1 Å². The van der Waals surface area contributed by atoms with Gasteiger partial charge in [0.15, 0.2) is 5.15 Å². The molecule has 0 amide bonds. The Balaban J connectivity index is 2.45. The maximum atomic E-state index is 13.2. The molecular formula is C11H13ClF2N2O2. The van der Waals surface area contributed by atoms with Gasteiger partial charge in [0, 0.05) is 19.9 Å². The second-order valence-corrected chi connectivity index (χ2v) is 5.10. The zero-order valence-electron chi connectivity index (χ0n) is 9.79. The van der Waals surface area contributed by atoms with E-state index in [2.05, 4.69) is 4.98 Å². The van der Waals surface area contributed by atoms with Crippen molar-refractivity contribution in [1.29, 1.82) is 0 Å². The Bertz CT molecular complexity index is 458. The van der Waals surface area contributed by atoms with Crippen LogP contribution in [-0.2, 0) is 17.3 Å². The first-order valence-corrected chi connectivity index (χ1v) is 5.95. The lowest BCUT2D eigenvalue weighted by Crippen LogP contribution is -2.44. The fourth-order valence-electron chi connectivity index (χ4n) is 2.53. The van der Waals surface area contributed by atoms with Crippen molar-refractivity contribution in [1.82, 2.24) is 9.55 Å². The van der Waals surface area contributed by atoms with E-state index in [1.807, 2.05) is 0 Å². The highest BCUT2D eigenvalue weighted by atomic mass is 35.5. The van der Waals surface area contributed by atoms with E-state index < -0.39 is 30.1 Å². The molecule has 1 fully saturated rings. The zero-order chi connectivity index (χ0) is 13.6. The first kappa shape index (κ1) is 13.3. The van der Waals surface area contributed by atoms with E-state index in [0.29, 0.717) is 5.69 Å². The van der Waals surface area contributed by atoms with Crippen LogP contribution in [0.2, 0.25) is 5.15 Å². The highest BCUT2D eigenvalue weighted by molar-refractivity contribution is 6.30. The van der Waals surface area contributed by atoms with Gasteiger partial charge in [-0.05, 0) is 12.8 Å². The van der Waals surface area contributed by atoms with Crippen molar-refractivity contribution in [2.45, 2.75) is 37.0 Å². The molecule has 1 aromatic rings. The third kappa shape index (κ3) is 1.98. The number of aryl methyl sites for hydroxylation is 1. The van der Waals surface area contributed by atoms with Crippen LogP contribution >= 0.6 is 11.6 Å². The molecular weight excluding hydrogens is 266 g/mol. The summed E-state index contributed by atoms with van der Waals surface area (Å²) in [6.45, 7) is 0. The molecule has 1 aromatic heterocycles. The van der Waals surface area contributed by atoms with Gasteiger partial charge < -0.3 is 9.67 Å². The van der Waals surface area contributed by atoms with Crippen LogP contribution in [0, 0.1) is 0 Å². The van der Waals surface area contributed by atoms with Gasteiger partial charge in [-0.15, -0.1) is 0 Å². The van der Waals surface area contributed by atoms with Gasteiger partial charge in [-0.2, -0.15) is 0 Å². The number of nitrogens with zero attached hydrogens (tertiary/aromatic N) is 2. The minimum Gasteiger partial charge on any atom is -0.481 e. The fraction of sp³-hybridized carbons (Fsp3) is 0.636. The van der Waals surface area contributed by atoms with E-state index >= 15 is 0 Å². The number of aliphatic carboxylic acids is 1. The van der Waals surface area contributed by atoms with Crippen LogP contribution in [0.5, 0.6) is 0 Å². The molecule has 0 aromatic carbocycles. The molecule has 0 aliphatic heterocycles. The monoisotopic (exact) mass is 278 g/mol. The van der Waals surface area contributed by atoms with Crippen LogP contribution in [0.1, 0.15) is 31.4 Å². The van der Waals surface area contributed by atoms with Crippen LogP contribution in [0.15, 0.2) is 6.33 Å². The summed E-state index contributed by atoms with van der Waals surface area (Å²) in [5.74, 6) is -3.91. The van der Waals surface area contributed by atoms with Gasteiger partial charge in [0.05, 0.1) is 12.0 Å². The summed E-state index contributed by atoms with van der Waals surface area (Å²) < 4.78 is 27.9. The smallest absolute Gasteiger partial charge is 0.315 e. The van der Waals surface area contributed by atoms with Crippen molar-refractivity contribution >= 4 is 17.6 Å². The summed E-state index contributed by atoms with van der Waals surface area (Å²) in [4.78, 5) is 15.4. The van der Waals surface area contributed by atoms with Crippen molar-refractivity contribution in [2.24, 2.45) is 7.05 Å². The molecule has 1 aliphatic rings. The lowest BCUT2D eigenvalue weighted by molar-refractivity contribution is -0.149.